The Balaban J connectivity index is 1.85. The second-order valence-corrected chi connectivity index (χ2v) is 6.35. The summed E-state index contributed by atoms with van der Waals surface area (Å²) in [5, 5.41) is 19.0. The summed E-state index contributed by atoms with van der Waals surface area (Å²) in [5.74, 6) is 1.01. The van der Waals surface area contributed by atoms with Crippen LogP contribution in [0.25, 0.3) is 5.57 Å². The zero-order valence-corrected chi connectivity index (χ0v) is 12.9. The van der Waals surface area contributed by atoms with Crippen molar-refractivity contribution in [2.45, 2.75) is 32.7 Å². The van der Waals surface area contributed by atoms with Gasteiger partial charge < -0.3 is 10.6 Å². The quantitative estimate of drug-likeness (QED) is 0.832. The molecule has 2 heterocycles. The minimum atomic E-state index is 0.410. The van der Waals surface area contributed by atoms with Crippen LogP contribution in [0, 0.1) is 17.2 Å². The molecular weight excluding hydrogens is 282 g/mol. The standard InChI is InChI=1S/C15H17N5S/c1-9(2)13-8-21-14(19-13)11(7-16)12-5-6-17-15(20-12)18-10-3-4-10/h5-6,8-10,19H,3-4H2,1-2H3,(H,17,18,20). The lowest BCUT2D eigenvalue weighted by molar-refractivity contribution is 0.719. The van der Waals surface area contributed by atoms with E-state index in [2.05, 4.69) is 45.9 Å². The fraction of sp³-hybridized carbons (Fsp3) is 0.400. The third kappa shape index (κ3) is 3.19. The molecule has 5 nitrogen and oxygen atoms in total. The summed E-state index contributed by atoms with van der Waals surface area (Å²) in [4.78, 5) is 8.67. The van der Waals surface area contributed by atoms with E-state index in [1.165, 1.54) is 12.8 Å². The van der Waals surface area contributed by atoms with Gasteiger partial charge in [-0.1, -0.05) is 25.6 Å². The van der Waals surface area contributed by atoms with Gasteiger partial charge in [0.1, 0.15) is 11.6 Å². The van der Waals surface area contributed by atoms with Crippen molar-refractivity contribution in [3.63, 3.8) is 0 Å². The van der Waals surface area contributed by atoms with E-state index in [1.807, 2.05) is 0 Å². The van der Waals surface area contributed by atoms with Gasteiger partial charge in [0.15, 0.2) is 0 Å². The summed E-state index contributed by atoms with van der Waals surface area (Å²) in [6.45, 7) is 4.24. The molecule has 3 rings (SSSR count). The van der Waals surface area contributed by atoms with Crippen LogP contribution >= 0.6 is 11.8 Å². The van der Waals surface area contributed by atoms with Crippen molar-refractivity contribution < 1.29 is 0 Å². The molecule has 6 heteroatoms. The fourth-order valence-corrected chi connectivity index (χ4v) is 2.94. The van der Waals surface area contributed by atoms with E-state index in [9.17, 15) is 5.26 Å². The van der Waals surface area contributed by atoms with Crippen LogP contribution in [-0.2, 0) is 0 Å². The van der Waals surface area contributed by atoms with E-state index in [0.29, 0.717) is 29.2 Å². The highest BCUT2D eigenvalue weighted by molar-refractivity contribution is 8.06. The van der Waals surface area contributed by atoms with Gasteiger partial charge >= 0.3 is 0 Å². The van der Waals surface area contributed by atoms with Gasteiger partial charge in [-0.3, -0.25) is 0 Å². The second kappa shape index (κ2) is 5.78. The van der Waals surface area contributed by atoms with Crippen LogP contribution in [-0.4, -0.2) is 16.0 Å². The monoisotopic (exact) mass is 299 g/mol. The highest BCUT2D eigenvalue weighted by Crippen LogP contribution is 2.33. The Hall–Kier alpha value is -2.00. The molecule has 108 valence electrons. The lowest BCUT2D eigenvalue weighted by atomic mass is 10.1. The molecule has 0 spiro atoms. The molecule has 1 aliphatic carbocycles. The summed E-state index contributed by atoms with van der Waals surface area (Å²) in [5.41, 5.74) is 2.35. The zero-order chi connectivity index (χ0) is 14.8. The van der Waals surface area contributed by atoms with Crippen molar-refractivity contribution in [3.8, 4) is 6.07 Å². The minimum Gasteiger partial charge on any atom is -0.352 e. The average molecular weight is 299 g/mol. The minimum absolute atomic E-state index is 0.410. The van der Waals surface area contributed by atoms with Crippen LogP contribution in [0.3, 0.4) is 0 Å². The van der Waals surface area contributed by atoms with Crippen LogP contribution < -0.4 is 10.6 Å². The summed E-state index contributed by atoms with van der Waals surface area (Å²) in [6.07, 6.45) is 4.03. The van der Waals surface area contributed by atoms with Gasteiger partial charge in [0.05, 0.1) is 10.7 Å². The number of rotatable bonds is 4. The number of hydrogen-bond donors (Lipinski definition) is 2. The Labute approximate surface area is 128 Å². The molecule has 0 unspecified atom stereocenters. The van der Waals surface area contributed by atoms with E-state index < -0.39 is 0 Å². The Morgan fingerprint density at radius 1 is 1.52 bits per heavy atom. The lowest BCUT2D eigenvalue weighted by Crippen LogP contribution is -2.12. The number of nitrogens with one attached hydrogen (secondary N) is 2. The van der Waals surface area contributed by atoms with Crippen LogP contribution in [0.1, 0.15) is 32.4 Å². The van der Waals surface area contributed by atoms with Gasteiger partial charge in [0.2, 0.25) is 5.95 Å². The molecule has 0 radical (unpaired) electrons. The van der Waals surface area contributed by atoms with E-state index in [1.54, 1.807) is 24.0 Å². The highest BCUT2D eigenvalue weighted by Gasteiger charge is 2.23. The predicted molar refractivity (Wildman–Crippen MR) is 84.9 cm³/mol. The fourth-order valence-electron chi connectivity index (χ4n) is 1.92. The van der Waals surface area contributed by atoms with Gasteiger partial charge in [-0.15, -0.1) is 0 Å². The summed E-state index contributed by atoms with van der Waals surface area (Å²) >= 11 is 1.54. The molecule has 2 N–H and O–H groups in total. The van der Waals surface area contributed by atoms with Crippen LogP contribution in [0.15, 0.2) is 28.4 Å². The second-order valence-electron chi connectivity index (χ2n) is 5.47. The van der Waals surface area contributed by atoms with Crippen molar-refractivity contribution in [3.05, 3.63) is 34.1 Å². The van der Waals surface area contributed by atoms with Crippen molar-refractivity contribution in [1.29, 1.82) is 5.26 Å². The van der Waals surface area contributed by atoms with Crippen molar-refractivity contribution in [2.75, 3.05) is 5.32 Å². The molecule has 1 aromatic heterocycles. The van der Waals surface area contributed by atoms with Crippen LogP contribution in [0.5, 0.6) is 0 Å². The molecule has 1 fully saturated rings. The number of nitrogens with zero attached hydrogens (tertiary/aromatic N) is 3. The molecule has 0 atom stereocenters. The molecule has 1 aliphatic heterocycles. The number of allylic oxidation sites excluding steroid dienone is 2. The predicted octanol–water partition coefficient (Wildman–Crippen LogP) is 3.08. The van der Waals surface area contributed by atoms with Crippen LogP contribution in [0.2, 0.25) is 0 Å². The SMILES string of the molecule is CC(C)C1=CSC(=C(C#N)c2ccnc(NC3CC3)n2)N1. The summed E-state index contributed by atoms with van der Waals surface area (Å²) in [6, 6.07) is 4.53. The van der Waals surface area contributed by atoms with Gasteiger partial charge in [-0.2, -0.15) is 5.26 Å². The maximum Gasteiger partial charge on any atom is 0.223 e. The molecule has 0 saturated heterocycles. The normalized spacial score (nSPS) is 19.8. The van der Waals surface area contributed by atoms with E-state index in [0.717, 1.165) is 10.7 Å². The molecule has 0 aromatic carbocycles. The van der Waals surface area contributed by atoms with Crippen LogP contribution in [0.4, 0.5) is 5.95 Å². The van der Waals surface area contributed by atoms with E-state index in [-0.39, 0.29) is 0 Å². The third-order valence-electron chi connectivity index (χ3n) is 3.34. The molecule has 21 heavy (non-hydrogen) atoms. The maximum absolute atomic E-state index is 9.48. The van der Waals surface area contributed by atoms with Gasteiger partial charge in [-0.05, 0) is 30.2 Å². The van der Waals surface area contributed by atoms with Crippen molar-refractivity contribution in [2.24, 2.45) is 5.92 Å². The highest BCUT2D eigenvalue weighted by atomic mass is 32.2. The molecule has 1 aromatic rings. The number of hydrogen-bond acceptors (Lipinski definition) is 6. The third-order valence-corrected chi connectivity index (χ3v) is 4.26. The van der Waals surface area contributed by atoms with Gasteiger partial charge in [0, 0.05) is 17.9 Å². The smallest absolute Gasteiger partial charge is 0.223 e. The van der Waals surface area contributed by atoms with Crippen molar-refractivity contribution in [1.82, 2.24) is 15.3 Å². The number of thioether (sulfide) groups is 1. The van der Waals surface area contributed by atoms with E-state index >= 15 is 0 Å². The van der Waals surface area contributed by atoms with Gasteiger partial charge in [-0.25, -0.2) is 9.97 Å². The number of aromatic nitrogens is 2. The van der Waals surface area contributed by atoms with Gasteiger partial charge in [0.25, 0.3) is 0 Å². The average Bonchev–Trinajstić information content (AvgIpc) is 3.14. The Kier molecular flexibility index (Phi) is 3.84. The molecule has 1 saturated carbocycles. The largest absolute Gasteiger partial charge is 0.352 e. The molecule has 2 aliphatic rings. The summed E-state index contributed by atoms with van der Waals surface area (Å²) in [7, 11) is 0. The Bertz CT molecular complexity index is 652. The first-order chi connectivity index (χ1) is 10.2. The first-order valence-corrected chi connectivity index (χ1v) is 7.93. The molecule has 0 amide bonds. The Morgan fingerprint density at radius 3 is 2.95 bits per heavy atom. The number of nitriles is 1. The molecule has 0 bridgehead atoms. The topological polar surface area (TPSA) is 73.6 Å². The first-order valence-electron chi connectivity index (χ1n) is 7.05. The van der Waals surface area contributed by atoms with E-state index in [4.69, 9.17) is 0 Å². The zero-order valence-electron chi connectivity index (χ0n) is 12.1. The number of anilines is 1. The Morgan fingerprint density at radius 2 is 2.33 bits per heavy atom. The van der Waals surface area contributed by atoms with Crippen molar-refractivity contribution >= 4 is 23.3 Å². The molecular formula is C15H17N5S. The maximum atomic E-state index is 9.48. The lowest BCUT2D eigenvalue weighted by Gasteiger charge is -2.10. The first kappa shape index (κ1) is 14.0. The summed E-state index contributed by atoms with van der Waals surface area (Å²) < 4.78 is 0.